The fourth-order valence-corrected chi connectivity index (χ4v) is 6.22. The monoisotopic (exact) mass is 523 g/mol. The highest BCUT2D eigenvalue weighted by molar-refractivity contribution is 8.26. The molecule has 0 bridgehead atoms. The largest absolute Gasteiger partial charge is 0.293 e. The van der Waals surface area contributed by atoms with E-state index in [4.69, 9.17) is 17.2 Å². The molecular weight excluding hydrogens is 495 g/mol. The molecule has 3 aromatic rings. The van der Waals surface area contributed by atoms with E-state index in [1.54, 1.807) is 21.6 Å². The maximum atomic E-state index is 13.6. The maximum Gasteiger partial charge on any atom is 0.266 e. The number of benzene rings is 1. The van der Waals surface area contributed by atoms with Crippen LogP contribution in [0.4, 0.5) is 0 Å². The Balaban J connectivity index is 1.74. The van der Waals surface area contributed by atoms with Gasteiger partial charge in [0.25, 0.3) is 11.5 Å². The molecule has 0 N–H and O–H groups in total. The third-order valence-electron chi connectivity index (χ3n) is 6.14. The lowest BCUT2D eigenvalue weighted by molar-refractivity contribution is -0.122. The lowest BCUT2D eigenvalue weighted by Gasteiger charge is -2.21. The molecule has 0 saturated carbocycles. The number of hydrogen-bond acceptors (Lipinski definition) is 6. The molecular formula is C27H29N3O2S3. The van der Waals surface area contributed by atoms with E-state index in [0.717, 1.165) is 36.1 Å². The Bertz CT molecular complexity index is 1330. The van der Waals surface area contributed by atoms with Crippen molar-refractivity contribution in [3.05, 3.63) is 75.0 Å². The highest BCUT2D eigenvalue weighted by Gasteiger charge is 2.33. The van der Waals surface area contributed by atoms with Crippen molar-refractivity contribution in [2.75, 3.05) is 6.54 Å². The molecule has 0 spiro atoms. The zero-order valence-corrected chi connectivity index (χ0v) is 22.6. The Kier molecular flexibility index (Phi) is 8.46. The van der Waals surface area contributed by atoms with E-state index in [1.165, 1.54) is 23.5 Å². The van der Waals surface area contributed by atoms with Gasteiger partial charge in [0.05, 0.1) is 10.5 Å². The third-order valence-corrected chi connectivity index (χ3v) is 8.53. The van der Waals surface area contributed by atoms with Crippen molar-refractivity contribution >= 4 is 57.7 Å². The van der Waals surface area contributed by atoms with E-state index >= 15 is 0 Å². The first kappa shape index (κ1) is 25.7. The lowest BCUT2D eigenvalue weighted by atomic mass is 9.99. The predicted octanol–water partition coefficient (Wildman–Crippen LogP) is 6.57. The fraction of sp³-hybridized carbons (Fsp3) is 0.333. The summed E-state index contributed by atoms with van der Waals surface area (Å²) in [6, 6.07) is 13.6. The normalized spacial score (nSPS) is 16.0. The van der Waals surface area contributed by atoms with Crippen molar-refractivity contribution < 1.29 is 4.79 Å². The smallest absolute Gasteiger partial charge is 0.266 e. The number of rotatable bonds is 9. The van der Waals surface area contributed by atoms with Gasteiger partial charge in [-0.2, -0.15) is 0 Å². The Labute approximate surface area is 220 Å². The van der Waals surface area contributed by atoms with Crippen LogP contribution in [0.15, 0.2) is 68.3 Å². The highest BCUT2D eigenvalue weighted by Crippen LogP contribution is 2.36. The molecule has 1 aliphatic heterocycles. The molecule has 3 heterocycles. The average molecular weight is 524 g/mol. The van der Waals surface area contributed by atoms with Crippen molar-refractivity contribution in [2.24, 2.45) is 5.92 Å². The van der Waals surface area contributed by atoms with Crippen LogP contribution in [0, 0.1) is 12.8 Å². The van der Waals surface area contributed by atoms with Crippen LogP contribution in [0.3, 0.4) is 0 Å². The summed E-state index contributed by atoms with van der Waals surface area (Å²) in [5, 5.41) is 0.579. The molecule has 1 saturated heterocycles. The van der Waals surface area contributed by atoms with Crippen LogP contribution in [-0.2, 0) is 4.79 Å². The van der Waals surface area contributed by atoms with Crippen LogP contribution in [0.2, 0.25) is 0 Å². The number of pyridine rings is 1. The Hall–Kier alpha value is -2.42. The van der Waals surface area contributed by atoms with Gasteiger partial charge in [-0.3, -0.25) is 18.9 Å². The molecule has 4 rings (SSSR count). The number of fused-ring (bicyclic) bond motifs is 1. The van der Waals surface area contributed by atoms with Gasteiger partial charge in [0.15, 0.2) is 0 Å². The molecule has 0 radical (unpaired) electrons. The van der Waals surface area contributed by atoms with Crippen LogP contribution in [0.5, 0.6) is 0 Å². The molecule has 35 heavy (non-hydrogen) atoms. The highest BCUT2D eigenvalue weighted by atomic mass is 32.2. The molecule has 5 nitrogen and oxygen atoms in total. The topological polar surface area (TPSA) is 54.7 Å². The Morgan fingerprint density at radius 2 is 1.91 bits per heavy atom. The fourth-order valence-electron chi connectivity index (χ4n) is 4.06. The first-order chi connectivity index (χ1) is 16.9. The summed E-state index contributed by atoms with van der Waals surface area (Å²) in [7, 11) is 0. The van der Waals surface area contributed by atoms with Crippen molar-refractivity contribution in [3.63, 3.8) is 0 Å². The van der Waals surface area contributed by atoms with E-state index in [-0.39, 0.29) is 11.5 Å². The minimum Gasteiger partial charge on any atom is -0.293 e. The summed E-state index contributed by atoms with van der Waals surface area (Å²) in [6.07, 6.45) is 7.76. The number of carbonyl (C=O) groups is 1. The van der Waals surface area contributed by atoms with Gasteiger partial charge in [0.1, 0.15) is 15.0 Å². The van der Waals surface area contributed by atoms with Gasteiger partial charge in [0, 0.05) is 17.6 Å². The predicted molar refractivity (Wildman–Crippen MR) is 150 cm³/mol. The summed E-state index contributed by atoms with van der Waals surface area (Å²) in [5.74, 6) is 0.288. The van der Waals surface area contributed by atoms with E-state index in [9.17, 15) is 9.59 Å². The second-order valence-electron chi connectivity index (χ2n) is 8.64. The third kappa shape index (κ3) is 5.71. The first-order valence-electron chi connectivity index (χ1n) is 11.9. The van der Waals surface area contributed by atoms with Crippen LogP contribution >= 0.6 is 35.7 Å². The number of unbranched alkanes of at least 4 members (excludes halogenated alkanes) is 1. The molecule has 1 atom stereocenters. The van der Waals surface area contributed by atoms with Crippen LogP contribution < -0.4 is 5.56 Å². The van der Waals surface area contributed by atoms with Gasteiger partial charge >= 0.3 is 0 Å². The molecule has 0 aliphatic carbocycles. The number of aryl methyl sites for hydroxylation is 1. The van der Waals surface area contributed by atoms with Gasteiger partial charge in [0.2, 0.25) is 0 Å². The number of thioether (sulfide) groups is 1. The number of amides is 1. The van der Waals surface area contributed by atoms with E-state index in [1.807, 2.05) is 49.4 Å². The summed E-state index contributed by atoms with van der Waals surface area (Å²) in [4.78, 5) is 34.9. The number of hydrogen-bond donors (Lipinski definition) is 0. The summed E-state index contributed by atoms with van der Waals surface area (Å²) in [6.45, 7) is 6.90. The SMILES string of the molecule is CCCC[C@@H](CC)CN1C(=O)/C(=C/c2c(Sc3ccccc3)nc3c(C)cccn3c2=O)SC1=S. The summed E-state index contributed by atoms with van der Waals surface area (Å²) in [5.41, 5.74) is 1.73. The summed E-state index contributed by atoms with van der Waals surface area (Å²) >= 11 is 8.27. The molecule has 1 aromatic carbocycles. The lowest BCUT2D eigenvalue weighted by Crippen LogP contribution is -2.33. The van der Waals surface area contributed by atoms with Crippen molar-refractivity contribution in [2.45, 2.75) is 56.4 Å². The molecule has 182 valence electrons. The van der Waals surface area contributed by atoms with E-state index < -0.39 is 0 Å². The Morgan fingerprint density at radius 1 is 1.14 bits per heavy atom. The molecule has 0 unspecified atom stereocenters. The van der Waals surface area contributed by atoms with E-state index in [0.29, 0.717) is 37.9 Å². The van der Waals surface area contributed by atoms with Crippen LogP contribution in [0.1, 0.15) is 50.7 Å². The van der Waals surface area contributed by atoms with Crippen LogP contribution in [0.25, 0.3) is 11.7 Å². The van der Waals surface area contributed by atoms with Crippen LogP contribution in [-0.4, -0.2) is 31.1 Å². The zero-order chi connectivity index (χ0) is 24.9. The van der Waals surface area contributed by atoms with Crippen molar-refractivity contribution in [1.82, 2.24) is 14.3 Å². The molecule has 1 amide bonds. The van der Waals surface area contributed by atoms with Gasteiger partial charge in [-0.25, -0.2) is 4.98 Å². The van der Waals surface area contributed by atoms with Gasteiger partial charge in [-0.15, -0.1) is 0 Å². The second-order valence-corrected chi connectivity index (χ2v) is 11.4. The Morgan fingerprint density at radius 3 is 2.63 bits per heavy atom. The number of nitrogens with zero attached hydrogens (tertiary/aromatic N) is 3. The van der Waals surface area contributed by atoms with Crippen molar-refractivity contribution in [3.8, 4) is 0 Å². The zero-order valence-electron chi connectivity index (χ0n) is 20.2. The second kappa shape index (κ2) is 11.5. The van der Waals surface area contributed by atoms with Gasteiger partial charge in [-0.05, 0) is 49.1 Å². The molecule has 2 aromatic heterocycles. The number of carbonyl (C=O) groups excluding carboxylic acids is 1. The number of aromatic nitrogens is 2. The molecule has 1 fully saturated rings. The minimum absolute atomic E-state index is 0.126. The van der Waals surface area contributed by atoms with Gasteiger partial charge in [-0.1, -0.05) is 93.1 Å². The molecule has 8 heteroatoms. The quantitative estimate of drug-likeness (QED) is 0.180. The minimum atomic E-state index is -0.197. The van der Waals surface area contributed by atoms with Gasteiger partial charge < -0.3 is 0 Å². The van der Waals surface area contributed by atoms with E-state index in [2.05, 4.69) is 13.8 Å². The average Bonchev–Trinajstić information content (AvgIpc) is 3.12. The standard InChI is InChI=1S/C27H29N3O2S3/c1-4-6-12-19(5-2)17-30-26(32)22(35-27(30)33)16-21-24(34-20-13-8-7-9-14-20)28-23-18(3)11-10-15-29(23)25(21)31/h7-11,13-16,19H,4-6,12,17H2,1-3H3/b22-16-/t19-/m1/s1. The first-order valence-corrected chi connectivity index (χ1v) is 14.0. The van der Waals surface area contributed by atoms with Crippen molar-refractivity contribution in [1.29, 1.82) is 0 Å². The maximum absolute atomic E-state index is 13.6. The summed E-state index contributed by atoms with van der Waals surface area (Å²) < 4.78 is 2.10. The number of thiocarbonyl (C=S) groups is 1. The molecule has 1 aliphatic rings.